The third kappa shape index (κ3) is 4.08. The molecule has 6 nitrogen and oxygen atoms in total. The van der Waals surface area contributed by atoms with Crippen LogP contribution in [-0.4, -0.2) is 22.1 Å². The van der Waals surface area contributed by atoms with Crippen molar-refractivity contribution in [3.8, 4) is 5.75 Å². The lowest BCUT2D eigenvalue weighted by Crippen LogP contribution is -2.23. The van der Waals surface area contributed by atoms with E-state index in [1.165, 1.54) is 10.9 Å². The first-order valence-electron chi connectivity index (χ1n) is 8.65. The maximum absolute atomic E-state index is 12.4. The highest BCUT2D eigenvalue weighted by molar-refractivity contribution is 5.92. The van der Waals surface area contributed by atoms with Crippen LogP contribution >= 0.6 is 0 Å². The van der Waals surface area contributed by atoms with Gasteiger partial charge in [-0.2, -0.15) is 0 Å². The summed E-state index contributed by atoms with van der Waals surface area (Å²) in [4.78, 5) is 29.0. The monoisotopic (exact) mass is 351 g/mol. The Morgan fingerprint density at radius 2 is 1.92 bits per heavy atom. The van der Waals surface area contributed by atoms with E-state index in [1.807, 2.05) is 31.2 Å². The second-order valence-corrected chi connectivity index (χ2v) is 5.90. The highest BCUT2D eigenvalue weighted by atomic mass is 16.5. The number of nitrogens with zero attached hydrogens (tertiary/aromatic N) is 2. The van der Waals surface area contributed by atoms with Crippen LogP contribution in [0.3, 0.4) is 0 Å². The maximum atomic E-state index is 12.4. The van der Waals surface area contributed by atoms with E-state index in [0.717, 1.165) is 6.42 Å². The zero-order valence-corrected chi connectivity index (χ0v) is 14.6. The molecular formula is C20H21N3O3. The maximum Gasteiger partial charge on any atom is 0.261 e. The van der Waals surface area contributed by atoms with Crippen LogP contribution in [0.25, 0.3) is 10.9 Å². The number of amides is 1. The van der Waals surface area contributed by atoms with E-state index in [4.69, 9.17) is 4.74 Å². The van der Waals surface area contributed by atoms with Crippen molar-refractivity contribution < 1.29 is 9.53 Å². The van der Waals surface area contributed by atoms with Crippen molar-refractivity contribution in [3.63, 3.8) is 0 Å². The molecule has 0 spiro atoms. The van der Waals surface area contributed by atoms with Crippen molar-refractivity contribution in [1.82, 2.24) is 9.55 Å². The minimum absolute atomic E-state index is 0.143. The van der Waals surface area contributed by atoms with E-state index in [0.29, 0.717) is 28.9 Å². The molecule has 2 aromatic carbocycles. The second kappa shape index (κ2) is 8.29. The summed E-state index contributed by atoms with van der Waals surface area (Å²) in [6.07, 6.45) is 2.54. The molecule has 3 aromatic rings. The number of nitrogens with one attached hydrogen (secondary N) is 1. The molecular weight excluding hydrogens is 330 g/mol. The van der Waals surface area contributed by atoms with Gasteiger partial charge in [-0.3, -0.25) is 14.2 Å². The molecule has 0 atom stereocenters. The summed E-state index contributed by atoms with van der Waals surface area (Å²) in [5, 5.41) is 3.40. The Balaban J connectivity index is 1.67. The van der Waals surface area contributed by atoms with Crippen molar-refractivity contribution >= 4 is 22.5 Å². The van der Waals surface area contributed by atoms with Gasteiger partial charge in [-0.1, -0.05) is 31.2 Å². The number of benzene rings is 2. The Bertz CT molecular complexity index is 966. The van der Waals surface area contributed by atoms with Crippen LogP contribution in [0.2, 0.25) is 0 Å². The number of rotatable bonds is 7. The number of hydrogen-bond acceptors (Lipinski definition) is 4. The van der Waals surface area contributed by atoms with Crippen LogP contribution in [0.4, 0.5) is 5.69 Å². The summed E-state index contributed by atoms with van der Waals surface area (Å²) in [7, 11) is 0. The quantitative estimate of drug-likeness (QED) is 0.709. The molecule has 0 fully saturated rings. The predicted molar refractivity (Wildman–Crippen MR) is 101 cm³/mol. The average molecular weight is 351 g/mol. The number of ether oxygens (including phenoxy) is 1. The number of fused-ring (bicyclic) bond motifs is 1. The molecule has 1 amide bonds. The Morgan fingerprint density at radius 3 is 2.77 bits per heavy atom. The van der Waals surface area contributed by atoms with Crippen LogP contribution in [0.1, 0.15) is 19.8 Å². The number of carbonyl (C=O) groups is 1. The fraction of sp³-hybridized carbons (Fsp3) is 0.250. The molecule has 3 rings (SSSR count). The zero-order chi connectivity index (χ0) is 18.4. The number of carbonyl (C=O) groups excluding carboxylic acids is 1. The van der Waals surface area contributed by atoms with Gasteiger partial charge in [0, 0.05) is 13.0 Å². The molecule has 26 heavy (non-hydrogen) atoms. The summed E-state index contributed by atoms with van der Waals surface area (Å²) >= 11 is 0. The average Bonchev–Trinajstić information content (AvgIpc) is 2.67. The smallest absolute Gasteiger partial charge is 0.261 e. The molecule has 0 bridgehead atoms. The van der Waals surface area contributed by atoms with Gasteiger partial charge < -0.3 is 10.1 Å². The molecule has 0 saturated carbocycles. The van der Waals surface area contributed by atoms with Crippen LogP contribution in [0, 0.1) is 0 Å². The van der Waals surface area contributed by atoms with Gasteiger partial charge in [-0.15, -0.1) is 0 Å². The Kier molecular flexibility index (Phi) is 5.63. The number of aromatic nitrogens is 2. The molecule has 0 unspecified atom stereocenters. The van der Waals surface area contributed by atoms with Gasteiger partial charge in [0.25, 0.3) is 5.56 Å². The Hall–Kier alpha value is -3.15. The third-order valence-electron chi connectivity index (χ3n) is 3.93. The third-order valence-corrected chi connectivity index (χ3v) is 3.93. The molecule has 6 heteroatoms. The van der Waals surface area contributed by atoms with E-state index in [-0.39, 0.29) is 24.4 Å². The van der Waals surface area contributed by atoms with Gasteiger partial charge in [0.1, 0.15) is 5.75 Å². The fourth-order valence-corrected chi connectivity index (χ4v) is 2.61. The SMILES string of the molecule is CCCOc1ccccc1NC(=O)CCn1cnc2ccccc2c1=O. The van der Waals surface area contributed by atoms with Crippen molar-refractivity contribution in [3.05, 3.63) is 65.2 Å². The van der Waals surface area contributed by atoms with Crippen molar-refractivity contribution in [1.29, 1.82) is 0 Å². The highest BCUT2D eigenvalue weighted by Gasteiger charge is 2.09. The summed E-state index contributed by atoms with van der Waals surface area (Å²) in [6, 6.07) is 14.5. The van der Waals surface area contributed by atoms with E-state index in [9.17, 15) is 9.59 Å². The van der Waals surface area contributed by atoms with Gasteiger partial charge in [0.15, 0.2) is 0 Å². The van der Waals surface area contributed by atoms with E-state index < -0.39 is 0 Å². The number of hydrogen-bond donors (Lipinski definition) is 1. The Labute approximate surface area is 151 Å². The van der Waals surface area contributed by atoms with Gasteiger partial charge in [0.2, 0.25) is 5.91 Å². The predicted octanol–water partition coefficient (Wildman–Crippen LogP) is 3.21. The molecule has 1 heterocycles. The standard InChI is InChI=1S/C20H21N3O3/c1-2-13-26-18-10-6-5-9-17(18)22-19(24)11-12-23-14-21-16-8-4-3-7-15(16)20(23)25/h3-10,14H,2,11-13H2,1H3,(H,22,24). The first-order valence-corrected chi connectivity index (χ1v) is 8.65. The van der Waals surface area contributed by atoms with Crippen LogP contribution in [0.5, 0.6) is 5.75 Å². The molecule has 0 radical (unpaired) electrons. The van der Waals surface area contributed by atoms with Crippen molar-refractivity contribution in [2.24, 2.45) is 0 Å². The highest BCUT2D eigenvalue weighted by Crippen LogP contribution is 2.24. The second-order valence-electron chi connectivity index (χ2n) is 5.90. The molecule has 0 saturated heterocycles. The summed E-state index contributed by atoms with van der Waals surface area (Å²) in [5.41, 5.74) is 1.14. The van der Waals surface area contributed by atoms with Crippen molar-refractivity contribution in [2.45, 2.75) is 26.3 Å². The first-order chi connectivity index (χ1) is 12.7. The lowest BCUT2D eigenvalue weighted by molar-refractivity contribution is -0.116. The molecule has 1 aromatic heterocycles. The minimum Gasteiger partial charge on any atom is -0.491 e. The normalized spacial score (nSPS) is 10.7. The van der Waals surface area contributed by atoms with Crippen LogP contribution < -0.4 is 15.6 Å². The van der Waals surface area contributed by atoms with Gasteiger partial charge in [-0.05, 0) is 30.7 Å². The summed E-state index contributed by atoms with van der Waals surface area (Å²) in [5.74, 6) is 0.463. The van der Waals surface area contributed by atoms with Gasteiger partial charge >= 0.3 is 0 Å². The number of aryl methyl sites for hydroxylation is 1. The molecule has 0 aliphatic carbocycles. The van der Waals surface area contributed by atoms with E-state index in [1.54, 1.807) is 24.3 Å². The van der Waals surface area contributed by atoms with Crippen LogP contribution in [-0.2, 0) is 11.3 Å². The van der Waals surface area contributed by atoms with Gasteiger partial charge in [0.05, 0.1) is 29.5 Å². The van der Waals surface area contributed by atoms with E-state index >= 15 is 0 Å². The zero-order valence-electron chi connectivity index (χ0n) is 14.6. The molecule has 0 aliphatic heterocycles. The first kappa shape index (κ1) is 17.7. The lowest BCUT2D eigenvalue weighted by Gasteiger charge is -2.12. The van der Waals surface area contributed by atoms with Gasteiger partial charge in [-0.25, -0.2) is 4.98 Å². The number of anilines is 1. The van der Waals surface area contributed by atoms with Crippen molar-refractivity contribution in [2.75, 3.05) is 11.9 Å². The summed E-state index contributed by atoms with van der Waals surface area (Å²) < 4.78 is 7.10. The Morgan fingerprint density at radius 1 is 1.15 bits per heavy atom. The molecule has 1 N–H and O–H groups in total. The fourth-order valence-electron chi connectivity index (χ4n) is 2.61. The molecule has 0 aliphatic rings. The van der Waals surface area contributed by atoms with E-state index in [2.05, 4.69) is 10.3 Å². The van der Waals surface area contributed by atoms with Crippen LogP contribution in [0.15, 0.2) is 59.7 Å². The number of para-hydroxylation sites is 3. The lowest BCUT2D eigenvalue weighted by atomic mass is 10.2. The molecule has 134 valence electrons. The topological polar surface area (TPSA) is 73.2 Å². The summed E-state index contributed by atoms with van der Waals surface area (Å²) in [6.45, 7) is 2.88. The largest absolute Gasteiger partial charge is 0.491 e. The minimum atomic E-state index is -0.183.